The van der Waals surface area contributed by atoms with Gasteiger partial charge < -0.3 is 9.84 Å². The molecule has 0 unspecified atom stereocenters. The summed E-state index contributed by atoms with van der Waals surface area (Å²) in [4.78, 5) is 12.3. The Bertz CT molecular complexity index is 736. The Hall–Kier alpha value is -1.41. The molecule has 1 aromatic rings. The van der Waals surface area contributed by atoms with Crippen LogP contribution in [0.2, 0.25) is 0 Å². The van der Waals surface area contributed by atoms with Gasteiger partial charge in [-0.3, -0.25) is 4.79 Å². The van der Waals surface area contributed by atoms with Crippen LogP contribution in [0.1, 0.15) is 67.6 Å². The van der Waals surface area contributed by atoms with E-state index >= 15 is 0 Å². The minimum absolute atomic E-state index is 0.0285. The first-order valence-corrected chi connectivity index (χ1v) is 10.2. The number of piperidine rings is 1. The number of amides is 1. The number of aromatic nitrogens is 1. The Morgan fingerprint density at radius 1 is 1.29 bits per heavy atom. The molecule has 0 radical (unpaired) electrons. The fourth-order valence-electron chi connectivity index (χ4n) is 3.43. The lowest BCUT2D eigenvalue weighted by atomic mass is 10.0. The lowest BCUT2D eigenvalue weighted by Gasteiger charge is -2.36. The van der Waals surface area contributed by atoms with Gasteiger partial charge >= 0.3 is 0 Å². The molecule has 0 spiro atoms. The molecule has 24 heavy (non-hydrogen) atoms. The molecular formula is C16H23N3O4S. The molecule has 0 aromatic carbocycles. The van der Waals surface area contributed by atoms with Crippen LogP contribution in [0.15, 0.2) is 10.6 Å². The highest BCUT2D eigenvalue weighted by atomic mass is 32.2. The predicted molar refractivity (Wildman–Crippen MR) is 87.1 cm³/mol. The Kier molecular flexibility index (Phi) is 3.91. The molecule has 8 heteroatoms. The number of rotatable bonds is 5. The van der Waals surface area contributed by atoms with Gasteiger partial charge in [0.15, 0.2) is 5.69 Å². The summed E-state index contributed by atoms with van der Waals surface area (Å²) in [5.74, 6) is 0.982. The van der Waals surface area contributed by atoms with Gasteiger partial charge in [0.05, 0.1) is 5.25 Å². The smallest absolute Gasteiger partial charge is 0.273 e. The highest BCUT2D eigenvalue weighted by Crippen LogP contribution is 2.40. The molecular weight excluding hydrogens is 330 g/mol. The molecule has 1 aromatic heterocycles. The molecule has 1 saturated heterocycles. The van der Waals surface area contributed by atoms with Crippen LogP contribution in [-0.4, -0.2) is 47.7 Å². The number of carbonyl (C=O) groups excluding carboxylic acids is 1. The molecule has 132 valence electrons. The number of carbonyl (C=O) groups is 1. The zero-order valence-electron chi connectivity index (χ0n) is 13.8. The number of sulfonamides is 1. The van der Waals surface area contributed by atoms with E-state index in [9.17, 15) is 13.2 Å². The topological polar surface area (TPSA) is 92.5 Å². The second kappa shape index (κ2) is 5.84. The van der Waals surface area contributed by atoms with E-state index in [0.29, 0.717) is 31.0 Å². The molecule has 1 N–H and O–H groups in total. The van der Waals surface area contributed by atoms with Crippen LogP contribution >= 0.6 is 0 Å². The highest BCUT2D eigenvalue weighted by molar-refractivity contribution is 7.90. The maximum Gasteiger partial charge on any atom is 0.273 e. The van der Waals surface area contributed by atoms with Crippen molar-refractivity contribution in [3.8, 4) is 0 Å². The predicted octanol–water partition coefficient (Wildman–Crippen LogP) is 1.63. The van der Waals surface area contributed by atoms with E-state index in [1.165, 1.54) is 0 Å². The molecule has 3 aliphatic rings. The zero-order valence-corrected chi connectivity index (χ0v) is 14.6. The van der Waals surface area contributed by atoms with Crippen molar-refractivity contribution in [3.63, 3.8) is 0 Å². The summed E-state index contributed by atoms with van der Waals surface area (Å²) in [6, 6.07) is 1.61. The first kappa shape index (κ1) is 16.1. The van der Waals surface area contributed by atoms with Gasteiger partial charge in [-0.05, 0) is 45.4 Å². The number of hydrogen-bond donors (Lipinski definition) is 1. The summed E-state index contributed by atoms with van der Waals surface area (Å²) >= 11 is 0. The number of hydrogen-bond acceptors (Lipinski definition) is 5. The summed E-state index contributed by atoms with van der Waals surface area (Å²) < 4.78 is 31.6. The minimum Gasteiger partial charge on any atom is -0.360 e. The van der Waals surface area contributed by atoms with Crippen molar-refractivity contribution in [2.45, 2.75) is 68.7 Å². The molecule has 2 heterocycles. The standard InChI is InChI=1S/C16H23N3O4S/c1-10-8-12(6-7-19(10)24(21,22)13-4-5-13)17-16(20)14-9-15(23-18-14)11-2-3-11/h9-13H,2-8H2,1H3,(H,17,20)/t10-,12+/m1/s1. The molecule has 7 nitrogen and oxygen atoms in total. The molecule has 2 saturated carbocycles. The average molecular weight is 353 g/mol. The van der Waals surface area contributed by atoms with Gasteiger partial charge in [-0.1, -0.05) is 5.16 Å². The monoisotopic (exact) mass is 353 g/mol. The van der Waals surface area contributed by atoms with Gasteiger partial charge in [0, 0.05) is 30.6 Å². The van der Waals surface area contributed by atoms with E-state index in [-0.39, 0.29) is 23.2 Å². The van der Waals surface area contributed by atoms with E-state index in [2.05, 4.69) is 10.5 Å². The molecule has 3 fully saturated rings. The summed E-state index contributed by atoms with van der Waals surface area (Å²) in [6.07, 6.45) is 5.02. The largest absolute Gasteiger partial charge is 0.360 e. The van der Waals surface area contributed by atoms with Crippen molar-refractivity contribution in [3.05, 3.63) is 17.5 Å². The lowest BCUT2D eigenvalue weighted by Crippen LogP contribution is -2.51. The summed E-state index contributed by atoms with van der Waals surface area (Å²) in [7, 11) is -3.15. The maximum absolute atomic E-state index is 12.4. The SMILES string of the molecule is C[C@@H]1C[C@@H](NC(=O)c2cc(C3CC3)on2)CCN1S(=O)(=O)C1CC1. The fourth-order valence-corrected chi connectivity index (χ4v) is 5.50. The van der Waals surface area contributed by atoms with Gasteiger partial charge in [0.25, 0.3) is 5.91 Å². The zero-order chi connectivity index (χ0) is 16.9. The quantitative estimate of drug-likeness (QED) is 0.868. The summed E-state index contributed by atoms with van der Waals surface area (Å²) in [6.45, 7) is 2.39. The molecule has 2 atom stereocenters. The van der Waals surface area contributed by atoms with Gasteiger partial charge in [0.1, 0.15) is 5.76 Å². The molecule has 2 aliphatic carbocycles. The molecule has 0 bridgehead atoms. The normalized spacial score (nSPS) is 28.7. The maximum atomic E-state index is 12.4. The van der Waals surface area contributed by atoms with Crippen LogP contribution in [0, 0.1) is 0 Å². The van der Waals surface area contributed by atoms with Crippen molar-refractivity contribution in [2.75, 3.05) is 6.54 Å². The molecule has 1 aliphatic heterocycles. The third kappa shape index (κ3) is 3.09. The first-order chi connectivity index (χ1) is 11.4. The van der Waals surface area contributed by atoms with Crippen LogP contribution in [0.5, 0.6) is 0 Å². The van der Waals surface area contributed by atoms with E-state index in [0.717, 1.165) is 31.4 Å². The van der Waals surface area contributed by atoms with E-state index < -0.39 is 10.0 Å². The second-order valence-electron chi connectivity index (χ2n) is 7.29. The van der Waals surface area contributed by atoms with Crippen LogP contribution in [0.4, 0.5) is 0 Å². The van der Waals surface area contributed by atoms with Crippen molar-refractivity contribution in [1.29, 1.82) is 0 Å². The third-order valence-corrected chi connectivity index (χ3v) is 7.67. The Morgan fingerprint density at radius 2 is 2.04 bits per heavy atom. The van der Waals surface area contributed by atoms with E-state index in [1.807, 2.05) is 6.92 Å². The second-order valence-corrected chi connectivity index (χ2v) is 9.45. The van der Waals surface area contributed by atoms with Crippen LogP contribution in [0.3, 0.4) is 0 Å². The highest BCUT2D eigenvalue weighted by Gasteiger charge is 2.43. The van der Waals surface area contributed by atoms with E-state index in [4.69, 9.17) is 4.52 Å². The summed E-state index contributed by atoms with van der Waals surface area (Å²) in [5, 5.41) is 6.65. The minimum atomic E-state index is -3.15. The Balaban J connectivity index is 1.35. The van der Waals surface area contributed by atoms with Crippen molar-refractivity contribution < 1.29 is 17.7 Å². The van der Waals surface area contributed by atoms with Gasteiger partial charge in [-0.15, -0.1) is 0 Å². The van der Waals surface area contributed by atoms with Crippen LogP contribution in [0.25, 0.3) is 0 Å². The number of nitrogens with one attached hydrogen (secondary N) is 1. The lowest BCUT2D eigenvalue weighted by molar-refractivity contribution is 0.0905. The van der Waals surface area contributed by atoms with Gasteiger partial charge in [-0.2, -0.15) is 4.31 Å². The Morgan fingerprint density at radius 3 is 2.67 bits per heavy atom. The van der Waals surface area contributed by atoms with Crippen molar-refractivity contribution in [1.82, 2.24) is 14.8 Å². The molecule has 4 rings (SSSR count). The van der Waals surface area contributed by atoms with Crippen LogP contribution in [-0.2, 0) is 10.0 Å². The Labute approximate surface area is 141 Å². The first-order valence-electron chi connectivity index (χ1n) is 8.73. The third-order valence-electron chi connectivity index (χ3n) is 5.16. The fraction of sp³-hybridized carbons (Fsp3) is 0.750. The van der Waals surface area contributed by atoms with Crippen molar-refractivity contribution >= 4 is 15.9 Å². The average Bonchev–Trinajstić information content (AvgIpc) is 3.45. The van der Waals surface area contributed by atoms with Gasteiger partial charge in [0.2, 0.25) is 10.0 Å². The van der Waals surface area contributed by atoms with Gasteiger partial charge in [-0.25, -0.2) is 8.42 Å². The number of nitrogens with zero attached hydrogens (tertiary/aromatic N) is 2. The summed E-state index contributed by atoms with van der Waals surface area (Å²) in [5.41, 5.74) is 0.317. The van der Waals surface area contributed by atoms with Crippen LogP contribution < -0.4 is 5.32 Å². The molecule has 1 amide bonds. The van der Waals surface area contributed by atoms with E-state index in [1.54, 1.807) is 10.4 Å². The van der Waals surface area contributed by atoms with Crippen molar-refractivity contribution in [2.24, 2.45) is 0 Å².